The number of aromatic nitrogens is 2. The standard InChI is InChI=1S/C21H26FN5O2/c1-13-6-4-5-7-16(13)21(8-9-21)20-26-19(29-27-20)17(23)12-18(14(2)22)25-11-10-24-15(3)28/h4-7,12,14H,8-11,23H2,1-3H3,(H,24,28)/b17-12-,25-18?. The molecular formula is C21H26FN5O2. The van der Waals surface area contributed by atoms with Gasteiger partial charge in [0.15, 0.2) is 5.82 Å². The lowest BCUT2D eigenvalue weighted by Crippen LogP contribution is -2.23. The maximum absolute atomic E-state index is 13.9. The van der Waals surface area contributed by atoms with Crippen LogP contribution in [0.2, 0.25) is 0 Å². The Bertz CT molecular complexity index is 944. The molecule has 3 N–H and O–H groups in total. The summed E-state index contributed by atoms with van der Waals surface area (Å²) in [5, 5.41) is 6.76. The maximum atomic E-state index is 13.9. The molecule has 1 heterocycles. The molecule has 0 saturated heterocycles. The van der Waals surface area contributed by atoms with E-state index in [1.807, 2.05) is 12.1 Å². The van der Waals surface area contributed by atoms with E-state index in [0.717, 1.165) is 12.8 Å². The van der Waals surface area contributed by atoms with Crippen molar-refractivity contribution in [3.05, 3.63) is 53.2 Å². The van der Waals surface area contributed by atoms with Gasteiger partial charge in [0, 0.05) is 13.5 Å². The van der Waals surface area contributed by atoms with E-state index in [2.05, 4.69) is 39.5 Å². The second-order valence-electron chi connectivity index (χ2n) is 7.33. The number of nitrogens with zero attached hydrogens (tertiary/aromatic N) is 3. The number of nitrogens with two attached hydrogens (primary N) is 1. The smallest absolute Gasteiger partial charge is 0.273 e. The second-order valence-corrected chi connectivity index (χ2v) is 7.33. The van der Waals surface area contributed by atoms with E-state index >= 15 is 0 Å². The highest BCUT2D eigenvalue weighted by atomic mass is 19.1. The molecule has 2 aromatic rings. The SMILES string of the molecule is CC(=O)NCCN=C(/C=C(\N)c1nc(C2(c3ccccc3C)CC2)no1)C(C)F. The van der Waals surface area contributed by atoms with E-state index in [1.165, 1.54) is 31.1 Å². The Morgan fingerprint density at radius 1 is 1.45 bits per heavy atom. The van der Waals surface area contributed by atoms with Crippen LogP contribution < -0.4 is 11.1 Å². The van der Waals surface area contributed by atoms with Gasteiger partial charge >= 0.3 is 0 Å². The number of aryl methyl sites for hydroxylation is 1. The lowest BCUT2D eigenvalue weighted by atomic mass is 9.91. The molecule has 3 rings (SSSR count). The topological polar surface area (TPSA) is 106 Å². The Morgan fingerprint density at radius 2 is 2.17 bits per heavy atom. The average molecular weight is 399 g/mol. The first kappa shape index (κ1) is 20.7. The van der Waals surface area contributed by atoms with Crippen molar-refractivity contribution in [3.8, 4) is 0 Å². The van der Waals surface area contributed by atoms with Crippen LogP contribution in [0.25, 0.3) is 5.70 Å². The van der Waals surface area contributed by atoms with Gasteiger partial charge in [-0.15, -0.1) is 0 Å². The number of carbonyl (C=O) groups excluding carboxylic acids is 1. The minimum absolute atomic E-state index is 0.148. The van der Waals surface area contributed by atoms with Crippen molar-refractivity contribution in [3.63, 3.8) is 0 Å². The van der Waals surface area contributed by atoms with Crippen molar-refractivity contribution in [1.82, 2.24) is 15.5 Å². The number of hydrogen-bond donors (Lipinski definition) is 2. The summed E-state index contributed by atoms with van der Waals surface area (Å²) in [5.41, 5.74) is 8.53. The third-order valence-corrected chi connectivity index (χ3v) is 5.00. The van der Waals surface area contributed by atoms with Gasteiger partial charge in [-0.25, -0.2) is 4.39 Å². The molecule has 154 valence electrons. The van der Waals surface area contributed by atoms with Gasteiger partial charge in [0.2, 0.25) is 5.91 Å². The van der Waals surface area contributed by atoms with Crippen molar-refractivity contribution in [1.29, 1.82) is 0 Å². The summed E-state index contributed by atoms with van der Waals surface area (Å²) in [6, 6.07) is 8.16. The molecule has 0 spiro atoms. The fourth-order valence-electron chi connectivity index (χ4n) is 3.31. The van der Waals surface area contributed by atoms with Crippen molar-refractivity contribution in [2.24, 2.45) is 10.7 Å². The monoisotopic (exact) mass is 399 g/mol. The van der Waals surface area contributed by atoms with Crippen molar-refractivity contribution < 1.29 is 13.7 Å². The van der Waals surface area contributed by atoms with Crippen LogP contribution >= 0.6 is 0 Å². The van der Waals surface area contributed by atoms with Crippen molar-refractivity contribution >= 4 is 17.3 Å². The Labute approximate surface area is 169 Å². The summed E-state index contributed by atoms with van der Waals surface area (Å²) in [4.78, 5) is 19.6. The summed E-state index contributed by atoms with van der Waals surface area (Å²) in [6.45, 7) is 5.42. The number of benzene rings is 1. The molecule has 1 aromatic heterocycles. The van der Waals surface area contributed by atoms with Gasteiger partial charge in [0.25, 0.3) is 5.89 Å². The lowest BCUT2D eigenvalue weighted by Gasteiger charge is -2.13. The summed E-state index contributed by atoms with van der Waals surface area (Å²) < 4.78 is 19.3. The van der Waals surface area contributed by atoms with Gasteiger partial charge in [-0.3, -0.25) is 9.79 Å². The van der Waals surface area contributed by atoms with E-state index in [4.69, 9.17) is 10.3 Å². The van der Waals surface area contributed by atoms with Gasteiger partial charge in [0.05, 0.1) is 23.4 Å². The van der Waals surface area contributed by atoms with Crippen LogP contribution in [0.3, 0.4) is 0 Å². The zero-order valence-corrected chi connectivity index (χ0v) is 16.9. The Kier molecular flexibility index (Phi) is 6.10. The molecule has 0 bridgehead atoms. The third kappa shape index (κ3) is 4.70. The van der Waals surface area contributed by atoms with Crippen molar-refractivity contribution in [2.75, 3.05) is 13.1 Å². The minimum Gasteiger partial charge on any atom is -0.394 e. The first-order valence-corrected chi connectivity index (χ1v) is 9.64. The molecule has 0 aliphatic heterocycles. The summed E-state index contributed by atoms with van der Waals surface area (Å²) >= 11 is 0. The fraction of sp³-hybridized carbons (Fsp3) is 0.429. The molecule has 7 nitrogen and oxygen atoms in total. The predicted octanol–water partition coefficient (Wildman–Crippen LogP) is 2.69. The van der Waals surface area contributed by atoms with Crippen LogP contribution in [0, 0.1) is 6.92 Å². The van der Waals surface area contributed by atoms with E-state index in [0.29, 0.717) is 12.4 Å². The Hall–Kier alpha value is -3.03. The molecule has 1 unspecified atom stereocenters. The van der Waals surface area contributed by atoms with Gasteiger partial charge in [-0.05, 0) is 43.9 Å². The molecule has 1 saturated carbocycles. The number of allylic oxidation sites excluding steroid dienone is 1. The zero-order chi connectivity index (χ0) is 21.0. The molecule has 1 atom stereocenters. The molecule has 8 heteroatoms. The zero-order valence-electron chi connectivity index (χ0n) is 16.9. The van der Waals surface area contributed by atoms with E-state index in [1.54, 1.807) is 0 Å². The first-order valence-electron chi connectivity index (χ1n) is 9.64. The highest BCUT2D eigenvalue weighted by molar-refractivity contribution is 6.02. The molecule has 1 aromatic carbocycles. The van der Waals surface area contributed by atoms with E-state index in [-0.39, 0.29) is 35.2 Å². The van der Waals surface area contributed by atoms with Gasteiger partial charge < -0.3 is 15.6 Å². The number of alkyl halides is 1. The van der Waals surface area contributed by atoms with Gasteiger partial charge in [-0.1, -0.05) is 29.4 Å². The molecule has 1 amide bonds. The highest BCUT2D eigenvalue weighted by Gasteiger charge is 2.50. The van der Waals surface area contributed by atoms with E-state index in [9.17, 15) is 9.18 Å². The highest BCUT2D eigenvalue weighted by Crippen LogP contribution is 2.53. The fourth-order valence-corrected chi connectivity index (χ4v) is 3.31. The summed E-state index contributed by atoms with van der Waals surface area (Å²) in [7, 11) is 0. The number of rotatable bonds is 8. The van der Waals surface area contributed by atoms with Crippen LogP contribution in [-0.4, -0.2) is 41.0 Å². The minimum atomic E-state index is -1.32. The first-order chi connectivity index (χ1) is 13.8. The quantitative estimate of drug-likeness (QED) is 0.524. The van der Waals surface area contributed by atoms with Crippen LogP contribution in [0.4, 0.5) is 4.39 Å². The third-order valence-electron chi connectivity index (χ3n) is 5.00. The van der Waals surface area contributed by atoms with E-state index < -0.39 is 6.17 Å². The molecule has 1 fully saturated rings. The number of hydrogen-bond acceptors (Lipinski definition) is 6. The normalized spacial score (nSPS) is 17.1. The van der Waals surface area contributed by atoms with Crippen LogP contribution in [0.5, 0.6) is 0 Å². The van der Waals surface area contributed by atoms with Gasteiger partial charge in [0.1, 0.15) is 6.17 Å². The summed E-state index contributed by atoms with van der Waals surface area (Å²) in [5.74, 6) is 0.580. The van der Waals surface area contributed by atoms with Crippen LogP contribution in [0.1, 0.15) is 49.5 Å². The number of carbonyl (C=O) groups is 1. The molecule has 1 aliphatic rings. The molecular weight excluding hydrogens is 373 g/mol. The predicted molar refractivity (Wildman–Crippen MR) is 109 cm³/mol. The molecule has 1 aliphatic carbocycles. The lowest BCUT2D eigenvalue weighted by molar-refractivity contribution is -0.118. The number of amides is 1. The number of nitrogens with one attached hydrogen (secondary N) is 1. The largest absolute Gasteiger partial charge is 0.394 e. The second kappa shape index (κ2) is 8.55. The average Bonchev–Trinajstić information content (AvgIpc) is 3.32. The van der Waals surface area contributed by atoms with Crippen molar-refractivity contribution in [2.45, 2.75) is 45.2 Å². The molecule has 0 radical (unpaired) electrons. The van der Waals surface area contributed by atoms with Crippen LogP contribution in [0.15, 0.2) is 39.9 Å². The Balaban J connectivity index is 1.79. The number of halogens is 1. The number of aliphatic imine (C=N–C) groups is 1. The van der Waals surface area contributed by atoms with Gasteiger partial charge in [-0.2, -0.15) is 4.98 Å². The maximum Gasteiger partial charge on any atom is 0.273 e. The van der Waals surface area contributed by atoms with Crippen LogP contribution in [-0.2, 0) is 10.2 Å². The summed E-state index contributed by atoms with van der Waals surface area (Å²) in [6.07, 6.45) is 1.97. The Morgan fingerprint density at radius 3 is 2.79 bits per heavy atom. The molecule has 29 heavy (non-hydrogen) atoms.